The van der Waals surface area contributed by atoms with Gasteiger partial charge in [-0.2, -0.15) is 5.10 Å². The van der Waals surface area contributed by atoms with E-state index in [4.69, 9.17) is 11.6 Å². The SMILES string of the molecule is CC(=O)CC(C)NC(=O)c1cnn(-c2ccccc2Cl)c1C. The Hall–Kier alpha value is -2.14. The van der Waals surface area contributed by atoms with E-state index < -0.39 is 0 Å². The van der Waals surface area contributed by atoms with E-state index in [1.165, 1.54) is 13.1 Å². The number of amides is 1. The smallest absolute Gasteiger partial charge is 0.254 e. The number of carbonyl (C=O) groups is 2. The van der Waals surface area contributed by atoms with Gasteiger partial charge < -0.3 is 5.32 Å². The van der Waals surface area contributed by atoms with Crippen molar-refractivity contribution in [1.29, 1.82) is 0 Å². The largest absolute Gasteiger partial charge is 0.349 e. The molecule has 1 atom stereocenters. The van der Waals surface area contributed by atoms with Crippen LogP contribution in [0.4, 0.5) is 0 Å². The monoisotopic (exact) mass is 319 g/mol. The van der Waals surface area contributed by atoms with Gasteiger partial charge in [0.25, 0.3) is 5.91 Å². The molecule has 1 N–H and O–H groups in total. The molecule has 0 spiro atoms. The van der Waals surface area contributed by atoms with E-state index >= 15 is 0 Å². The zero-order valence-corrected chi connectivity index (χ0v) is 13.5. The highest BCUT2D eigenvalue weighted by Gasteiger charge is 2.18. The molecule has 6 heteroatoms. The second-order valence-corrected chi connectivity index (χ2v) is 5.69. The van der Waals surface area contributed by atoms with Gasteiger partial charge in [0.2, 0.25) is 0 Å². The molecule has 22 heavy (non-hydrogen) atoms. The molecular formula is C16H18ClN3O2. The van der Waals surface area contributed by atoms with Crippen LogP contribution in [0.25, 0.3) is 5.69 Å². The molecule has 2 aromatic rings. The highest BCUT2D eigenvalue weighted by molar-refractivity contribution is 6.32. The zero-order chi connectivity index (χ0) is 16.3. The van der Waals surface area contributed by atoms with Gasteiger partial charge in [-0.3, -0.25) is 9.59 Å². The molecule has 2 rings (SSSR count). The van der Waals surface area contributed by atoms with Crippen LogP contribution >= 0.6 is 11.6 Å². The van der Waals surface area contributed by atoms with Crippen molar-refractivity contribution in [1.82, 2.24) is 15.1 Å². The molecule has 0 aliphatic heterocycles. The Morgan fingerprint density at radius 3 is 2.68 bits per heavy atom. The van der Waals surface area contributed by atoms with E-state index in [-0.39, 0.29) is 17.7 Å². The summed E-state index contributed by atoms with van der Waals surface area (Å²) < 4.78 is 1.63. The summed E-state index contributed by atoms with van der Waals surface area (Å²) in [5, 5.41) is 7.60. The van der Waals surface area contributed by atoms with Crippen molar-refractivity contribution in [2.75, 3.05) is 0 Å². The molecule has 0 fully saturated rings. The number of para-hydroxylation sites is 1. The van der Waals surface area contributed by atoms with Crippen LogP contribution in [0.3, 0.4) is 0 Å². The van der Waals surface area contributed by atoms with Crippen LogP contribution in [0.1, 0.15) is 36.3 Å². The number of nitrogens with zero attached hydrogens (tertiary/aromatic N) is 2. The van der Waals surface area contributed by atoms with Gasteiger partial charge in [0, 0.05) is 12.5 Å². The van der Waals surface area contributed by atoms with Gasteiger partial charge in [-0.15, -0.1) is 0 Å². The second kappa shape index (κ2) is 6.75. The molecule has 5 nitrogen and oxygen atoms in total. The molecule has 1 amide bonds. The van der Waals surface area contributed by atoms with Gasteiger partial charge in [0.15, 0.2) is 0 Å². The number of Topliss-reactive ketones (excluding diaryl/α,β-unsaturated/α-hetero) is 1. The maximum atomic E-state index is 12.3. The van der Waals surface area contributed by atoms with Crippen molar-refractivity contribution >= 4 is 23.3 Å². The van der Waals surface area contributed by atoms with E-state index in [1.807, 2.05) is 18.2 Å². The molecule has 1 aromatic carbocycles. The number of aromatic nitrogens is 2. The molecule has 1 unspecified atom stereocenters. The summed E-state index contributed by atoms with van der Waals surface area (Å²) in [5.74, 6) is -0.208. The number of hydrogen-bond acceptors (Lipinski definition) is 3. The van der Waals surface area contributed by atoms with Gasteiger partial charge in [-0.25, -0.2) is 4.68 Å². The van der Waals surface area contributed by atoms with Crippen molar-refractivity contribution in [3.8, 4) is 5.69 Å². The van der Waals surface area contributed by atoms with Crippen LogP contribution in [0.5, 0.6) is 0 Å². The standard InChI is InChI=1S/C16H18ClN3O2/c1-10(8-11(2)21)19-16(22)13-9-18-20(12(13)3)15-7-5-4-6-14(15)17/h4-7,9-10H,8H2,1-3H3,(H,19,22). The molecule has 0 bridgehead atoms. The first-order valence-corrected chi connectivity index (χ1v) is 7.37. The summed E-state index contributed by atoms with van der Waals surface area (Å²) >= 11 is 6.16. The molecule has 0 saturated heterocycles. The Balaban J connectivity index is 2.23. The Kier molecular flexibility index (Phi) is 4.98. The number of nitrogens with one attached hydrogen (secondary N) is 1. The first kappa shape index (κ1) is 16.2. The van der Waals surface area contributed by atoms with Gasteiger partial charge in [0.05, 0.1) is 28.2 Å². The summed E-state index contributed by atoms with van der Waals surface area (Å²) in [7, 11) is 0. The van der Waals surface area contributed by atoms with E-state index in [0.717, 1.165) is 5.69 Å². The quantitative estimate of drug-likeness (QED) is 0.921. The molecule has 116 valence electrons. The van der Waals surface area contributed by atoms with Crippen molar-refractivity contribution < 1.29 is 9.59 Å². The fourth-order valence-corrected chi connectivity index (χ4v) is 2.50. The molecule has 0 aliphatic carbocycles. The predicted octanol–water partition coefficient (Wildman–Crippen LogP) is 2.93. The summed E-state index contributed by atoms with van der Waals surface area (Å²) in [6.07, 6.45) is 1.82. The molecule has 0 saturated carbocycles. The normalized spacial score (nSPS) is 12.0. The van der Waals surface area contributed by atoms with Crippen molar-refractivity contribution in [3.05, 3.63) is 46.7 Å². The highest BCUT2D eigenvalue weighted by atomic mass is 35.5. The lowest BCUT2D eigenvalue weighted by molar-refractivity contribution is -0.117. The first-order valence-electron chi connectivity index (χ1n) is 7.00. The predicted molar refractivity (Wildman–Crippen MR) is 85.5 cm³/mol. The lowest BCUT2D eigenvalue weighted by atomic mass is 10.1. The lowest BCUT2D eigenvalue weighted by Gasteiger charge is -2.12. The topological polar surface area (TPSA) is 64.0 Å². The minimum atomic E-state index is -0.246. The van der Waals surface area contributed by atoms with Crippen molar-refractivity contribution in [2.24, 2.45) is 0 Å². The number of carbonyl (C=O) groups excluding carboxylic acids is 2. The summed E-state index contributed by atoms with van der Waals surface area (Å²) in [6, 6.07) is 7.08. The van der Waals surface area contributed by atoms with Crippen LogP contribution in [0.2, 0.25) is 5.02 Å². The maximum absolute atomic E-state index is 12.3. The minimum Gasteiger partial charge on any atom is -0.349 e. The van der Waals surface area contributed by atoms with Gasteiger partial charge >= 0.3 is 0 Å². The fourth-order valence-electron chi connectivity index (χ4n) is 2.28. The molecular weight excluding hydrogens is 302 g/mol. The number of rotatable bonds is 5. The van der Waals surface area contributed by atoms with E-state index in [0.29, 0.717) is 22.7 Å². The summed E-state index contributed by atoms with van der Waals surface area (Å²) in [5.41, 5.74) is 1.88. The maximum Gasteiger partial charge on any atom is 0.254 e. The lowest BCUT2D eigenvalue weighted by Crippen LogP contribution is -2.34. The number of halogens is 1. The number of benzene rings is 1. The third-order valence-corrected chi connectivity index (χ3v) is 3.63. The Bertz CT molecular complexity index is 709. The van der Waals surface area contributed by atoms with Crippen molar-refractivity contribution in [2.45, 2.75) is 33.2 Å². The van der Waals surface area contributed by atoms with Gasteiger partial charge in [-0.1, -0.05) is 23.7 Å². The minimum absolute atomic E-state index is 0.0382. The van der Waals surface area contributed by atoms with Gasteiger partial charge in [0.1, 0.15) is 5.78 Å². The van der Waals surface area contributed by atoms with E-state index in [1.54, 1.807) is 24.6 Å². The summed E-state index contributed by atoms with van der Waals surface area (Å²) in [6.45, 7) is 5.11. The van der Waals surface area contributed by atoms with E-state index in [9.17, 15) is 9.59 Å². The highest BCUT2D eigenvalue weighted by Crippen LogP contribution is 2.22. The molecule has 1 heterocycles. The fraction of sp³-hybridized carbons (Fsp3) is 0.312. The molecule has 0 radical (unpaired) electrons. The Labute approximate surface area is 134 Å². The number of hydrogen-bond donors (Lipinski definition) is 1. The van der Waals surface area contributed by atoms with E-state index in [2.05, 4.69) is 10.4 Å². The second-order valence-electron chi connectivity index (χ2n) is 5.29. The Morgan fingerprint density at radius 2 is 2.05 bits per heavy atom. The van der Waals surface area contributed by atoms with Crippen LogP contribution in [-0.4, -0.2) is 27.5 Å². The average molecular weight is 320 g/mol. The Morgan fingerprint density at radius 1 is 1.36 bits per heavy atom. The molecule has 0 aliphatic rings. The third-order valence-electron chi connectivity index (χ3n) is 3.31. The van der Waals surface area contributed by atoms with Crippen LogP contribution < -0.4 is 5.32 Å². The van der Waals surface area contributed by atoms with Gasteiger partial charge in [-0.05, 0) is 32.9 Å². The zero-order valence-electron chi connectivity index (χ0n) is 12.8. The third kappa shape index (κ3) is 3.54. The van der Waals surface area contributed by atoms with Crippen LogP contribution in [0, 0.1) is 6.92 Å². The van der Waals surface area contributed by atoms with Crippen LogP contribution in [-0.2, 0) is 4.79 Å². The average Bonchev–Trinajstić information content (AvgIpc) is 2.80. The molecule has 1 aromatic heterocycles. The first-order chi connectivity index (χ1) is 10.4. The summed E-state index contributed by atoms with van der Waals surface area (Å²) in [4.78, 5) is 23.4. The number of ketones is 1. The van der Waals surface area contributed by atoms with Crippen LogP contribution in [0.15, 0.2) is 30.5 Å². The van der Waals surface area contributed by atoms with Crippen molar-refractivity contribution in [3.63, 3.8) is 0 Å².